The number of nitrogens with two attached hydrogens (primary N) is 1. The number of hydrogen-bond acceptors (Lipinski definition) is 4. The Morgan fingerprint density at radius 2 is 1.50 bits per heavy atom. The largest absolute Gasteiger partial charge is 0.525 e. The second-order valence-electron chi connectivity index (χ2n) is 4.43. The molecule has 0 saturated heterocycles. The summed E-state index contributed by atoms with van der Waals surface area (Å²) in [5, 5.41) is 8.93. The first-order chi connectivity index (χ1) is 9.72. The second kappa shape index (κ2) is 6.89. The molecule has 0 unspecified atom stereocenters. The molecule has 0 fully saturated rings. The maximum absolute atomic E-state index is 11.8. The van der Waals surface area contributed by atoms with Crippen molar-refractivity contribution in [2.24, 2.45) is 5.73 Å². The Hall–Kier alpha value is -2.11. The molecule has 0 aromatic heterocycles. The molecule has 5 heteroatoms. The van der Waals surface area contributed by atoms with Crippen LogP contribution in [0.5, 0.6) is 0 Å². The van der Waals surface area contributed by atoms with Crippen LogP contribution in [0.3, 0.4) is 0 Å². The van der Waals surface area contributed by atoms with Gasteiger partial charge in [-0.3, -0.25) is 4.79 Å². The highest BCUT2D eigenvalue weighted by Gasteiger charge is 2.27. The Morgan fingerprint density at radius 1 is 1.05 bits per heavy atom. The van der Waals surface area contributed by atoms with E-state index in [1.165, 1.54) is 0 Å². The second-order valence-corrected chi connectivity index (χ2v) is 4.43. The van der Waals surface area contributed by atoms with Gasteiger partial charge in [-0.25, -0.2) is 0 Å². The first kappa shape index (κ1) is 14.3. The highest BCUT2D eigenvalue weighted by Crippen LogP contribution is 1.97. The molecule has 0 saturated carbocycles. The lowest BCUT2D eigenvalue weighted by molar-refractivity contribution is -0.136. The van der Waals surface area contributed by atoms with Crippen molar-refractivity contribution < 1.29 is 14.6 Å². The van der Waals surface area contributed by atoms with Gasteiger partial charge in [0.05, 0.1) is 6.61 Å². The fourth-order valence-electron chi connectivity index (χ4n) is 1.86. The van der Waals surface area contributed by atoms with Crippen LogP contribution in [0.4, 0.5) is 0 Å². The van der Waals surface area contributed by atoms with E-state index < -0.39 is 25.5 Å². The molecule has 1 atom stereocenters. The van der Waals surface area contributed by atoms with E-state index in [0.717, 1.165) is 10.9 Å². The molecule has 0 aliphatic rings. The minimum atomic E-state index is -1.02. The zero-order chi connectivity index (χ0) is 14.4. The summed E-state index contributed by atoms with van der Waals surface area (Å²) in [6.07, 6.45) is 0. The van der Waals surface area contributed by atoms with Crippen LogP contribution in [-0.2, 0) is 9.45 Å². The quantitative estimate of drug-likeness (QED) is 0.728. The van der Waals surface area contributed by atoms with E-state index in [-0.39, 0.29) is 0 Å². The van der Waals surface area contributed by atoms with Crippen LogP contribution in [0.25, 0.3) is 0 Å². The minimum absolute atomic E-state index is 0.435. The molecule has 20 heavy (non-hydrogen) atoms. The molecule has 3 N–H and O–H groups in total. The third kappa shape index (κ3) is 3.47. The van der Waals surface area contributed by atoms with Crippen LogP contribution in [0, 0.1) is 0 Å². The fourth-order valence-corrected chi connectivity index (χ4v) is 1.86. The summed E-state index contributed by atoms with van der Waals surface area (Å²) in [5.74, 6) is -0.620. The zero-order valence-electron chi connectivity index (χ0n) is 11.0. The van der Waals surface area contributed by atoms with E-state index in [4.69, 9.17) is 15.5 Å². The monoisotopic (exact) mass is 269 g/mol. The van der Waals surface area contributed by atoms with Crippen LogP contribution < -0.4 is 16.7 Å². The molecule has 0 radical (unpaired) electrons. The lowest BCUT2D eigenvalue weighted by Crippen LogP contribution is -2.49. The van der Waals surface area contributed by atoms with Crippen molar-refractivity contribution in [3.63, 3.8) is 0 Å². The molecular weight excluding hydrogens is 253 g/mol. The molecule has 0 heterocycles. The van der Waals surface area contributed by atoms with Gasteiger partial charge >= 0.3 is 12.9 Å². The molecule has 0 bridgehead atoms. The molecule has 0 spiro atoms. The Labute approximate surface area is 118 Å². The van der Waals surface area contributed by atoms with E-state index in [9.17, 15) is 4.79 Å². The van der Waals surface area contributed by atoms with Gasteiger partial charge in [0.1, 0.15) is 6.04 Å². The highest BCUT2D eigenvalue weighted by atomic mass is 16.5. The number of carbonyl (C=O) groups is 1. The van der Waals surface area contributed by atoms with E-state index in [0.29, 0.717) is 0 Å². The summed E-state index contributed by atoms with van der Waals surface area (Å²) in [6.45, 7) is -0.961. The van der Waals surface area contributed by atoms with E-state index >= 15 is 0 Å². The normalized spacial score (nSPS) is 11.7. The van der Waals surface area contributed by atoms with Crippen LogP contribution in [0.2, 0.25) is 0 Å². The van der Waals surface area contributed by atoms with Crippen molar-refractivity contribution in [3.05, 3.63) is 60.7 Å². The average molecular weight is 269 g/mol. The number of aliphatic hydroxyl groups is 1. The lowest BCUT2D eigenvalue weighted by Gasteiger charge is -2.17. The molecule has 0 aliphatic carbocycles. The van der Waals surface area contributed by atoms with Gasteiger partial charge in [-0.1, -0.05) is 60.7 Å². The number of benzene rings is 2. The molecule has 2 aromatic carbocycles. The van der Waals surface area contributed by atoms with Gasteiger partial charge in [0.15, 0.2) is 0 Å². The van der Waals surface area contributed by atoms with Crippen molar-refractivity contribution in [2.45, 2.75) is 6.04 Å². The van der Waals surface area contributed by atoms with Gasteiger partial charge in [-0.15, -0.1) is 0 Å². The van der Waals surface area contributed by atoms with Crippen molar-refractivity contribution in [1.29, 1.82) is 0 Å². The Bertz CT molecular complexity index is 508. The van der Waals surface area contributed by atoms with Gasteiger partial charge in [0.2, 0.25) is 0 Å². The van der Waals surface area contributed by atoms with Crippen molar-refractivity contribution >= 4 is 23.8 Å². The van der Waals surface area contributed by atoms with Gasteiger partial charge < -0.3 is 15.5 Å². The van der Waals surface area contributed by atoms with Crippen LogP contribution in [0.15, 0.2) is 60.7 Å². The molecule has 4 nitrogen and oxygen atoms in total. The summed E-state index contributed by atoms with van der Waals surface area (Å²) < 4.78 is 5.45. The fraction of sp³-hybridized carbons (Fsp3) is 0.133. The predicted molar refractivity (Wildman–Crippen MR) is 79.1 cm³/mol. The smallest absolute Gasteiger partial charge is 0.429 e. The number of hydrogen-bond donors (Lipinski definition) is 2. The van der Waals surface area contributed by atoms with Crippen molar-refractivity contribution in [3.8, 4) is 0 Å². The topological polar surface area (TPSA) is 72.5 Å². The number of rotatable bonds is 5. The Balaban J connectivity index is 2.28. The maximum atomic E-state index is 11.8. The van der Waals surface area contributed by atoms with Crippen molar-refractivity contribution in [2.75, 3.05) is 6.61 Å². The van der Waals surface area contributed by atoms with Crippen LogP contribution in [0.1, 0.15) is 0 Å². The minimum Gasteiger partial charge on any atom is -0.525 e. The van der Waals surface area contributed by atoms with Gasteiger partial charge in [-0.2, -0.15) is 0 Å². The van der Waals surface area contributed by atoms with E-state index in [1.54, 1.807) is 0 Å². The summed E-state index contributed by atoms with van der Waals surface area (Å²) in [6, 6.07) is 17.8. The average Bonchev–Trinajstić information content (AvgIpc) is 2.53. The first-order valence-corrected chi connectivity index (χ1v) is 6.39. The van der Waals surface area contributed by atoms with Gasteiger partial charge in [0.25, 0.3) is 0 Å². The van der Waals surface area contributed by atoms with Crippen molar-refractivity contribution in [1.82, 2.24) is 0 Å². The molecular formula is C15H16BNO3. The number of carbonyl (C=O) groups excluding carboxylic acids is 1. The van der Waals surface area contributed by atoms with Crippen LogP contribution >= 0.6 is 0 Å². The maximum Gasteiger partial charge on any atom is 0.429 e. The SMILES string of the molecule is N[C@@H](CO)C(=O)OB(c1ccccc1)c1ccccc1. The Kier molecular flexibility index (Phi) is 4.93. The third-order valence-electron chi connectivity index (χ3n) is 2.94. The third-order valence-corrected chi connectivity index (χ3v) is 2.94. The van der Waals surface area contributed by atoms with E-state index in [1.807, 2.05) is 60.7 Å². The lowest BCUT2D eigenvalue weighted by atomic mass is 9.55. The molecule has 0 aliphatic heterocycles. The van der Waals surface area contributed by atoms with Gasteiger partial charge in [-0.05, 0) is 10.9 Å². The summed E-state index contributed by atoms with van der Waals surface area (Å²) in [4.78, 5) is 11.8. The number of aliphatic hydroxyl groups excluding tert-OH is 1. The molecule has 102 valence electrons. The summed E-state index contributed by atoms with van der Waals surface area (Å²) in [7, 11) is 0. The first-order valence-electron chi connectivity index (χ1n) is 6.39. The van der Waals surface area contributed by atoms with Gasteiger partial charge in [0, 0.05) is 0 Å². The highest BCUT2D eigenvalue weighted by molar-refractivity contribution is 6.81. The summed E-state index contributed by atoms with van der Waals surface area (Å²) in [5.41, 5.74) is 7.21. The van der Waals surface area contributed by atoms with E-state index in [2.05, 4.69) is 0 Å². The molecule has 0 amide bonds. The molecule has 2 rings (SSSR count). The Morgan fingerprint density at radius 3 is 1.90 bits per heavy atom. The standard InChI is InChI=1S/C15H16BNO3/c17-14(11-18)15(19)20-16(12-7-3-1-4-8-12)13-9-5-2-6-10-13/h1-10,14,18H,11,17H2/t14-/m0/s1. The molecule has 2 aromatic rings. The summed E-state index contributed by atoms with van der Waals surface area (Å²) >= 11 is 0. The zero-order valence-corrected chi connectivity index (χ0v) is 11.0. The van der Waals surface area contributed by atoms with Crippen LogP contribution in [-0.4, -0.2) is 30.6 Å². The predicted octanol–water partition coefficient (Wildman–Crippen LogP) is -0.345.